The lowest BCUT2D eigenvalue weighted by atomic mass is 10.1. The largest absolute Gasteiger partial charge is 0.480 e. The standard InChI is InChI=1S/C11H21N3O4/c1-6(2)12-8(15)7(3)13-10(18)14-11(4,5)9(16)17/h6-7H,1-5H3,(H,12,15)(H,16,17)(H2,13,14,18). The Bertz CT molecular complexity index is 339. The van der Waals surface area contributed by atoms with Crippen molar-refractivity contribution in [3.63, 3.8) is 0 Å². The number of nitrogens with one attached hydrogen (secondary N) is 3. The molecular weight excluding hydrogens is 238 g/mol. The van der Waals surface area contributed by atoms with Crippen molar-refractivity contribution in [1.29, 1.82) is 0 Å². The van der Waals surface area contributed by atoms with E-state index < -0.39 is 23.6 Å². The Morgan fingerprint density at radius 1 is 1.06 bits per heavy atom. The smallest absolute Gasteiger partial charge is 0.328 e. The fraction of sp³-hybridized carbons (Fsp3) is 0.727. The lowest BCUT2D eigenvalue weighted by molar-refractivity contribution is -0.142. The van der Waals surface area contributed by atoms with Gasteiger partial charge in [-0.2, -0.15) is 0 Å². The summed E-state index contributed by atoms with van der Waals surface area (Å²) in [7, 11) is 0. The summed E-state index contributed by atoms with van der Waals surface area (Å²) < 4.78 is 0. The van der Waals surface area contributed by atoms with Gasteiger partial charge in [0.15, 0.2) is 0 Å². The van der Waals surface area contributed by atoms with E-state index in [0.29, 0.717) is 0 Å². The molecule has 4 N–H and O–H groups in total. The molecule has 0 saturated heterocycles. The van der Waals surface area contributed by atoms with Gasteiger partial charge in [0, 0.05) is 6.04 Å². The first kappa shape index (κ1) is 16.2. The van der Waals surface area contributed by atoms with Crippen LogP contribution in [-0.4, -0.2) is 40.6 Å². The second-order valence-corrected chi connectivity index (χ2v) is 4.91. The van der Waals surface area contributed by atoms with Crippen molar-refractivity contribution in [2.75, 3.05) is 0 Å². The van der Waals surface area contributed by atoms with Gasteiger partial charge in [0.05, 0.1) is 0 Å². The molecule has 1 unspecified atom stereocenters. The molecule has 0 bridgehead atoms. The maximum absolute atomic E-state index is 11.5. The van der Waals surface area contributed by atoms with E-state index in [1.165, 1.54) is 20.8 Å². The lowest BCUT2D eigenvalue weighted by Crippen LogP contribution is -2.56. The predicted octanol–water partition coefficient (Wildman–Crippen LogP) is 0.0619. The number of hydrogen-bond donors (Lipinski definition) is 4. The van der Waals surface area contributed by atoms with Gasteiger partial charge in [-0.25, -0.2) is 9.59 Å². The van der Waals surface area contributed by atoms with Gasteiger partial charge in [-0.1, -0.05) is 0 Å². The molecule has 104 valence electrons. The minimum absolute atomic E-state index is 0.0275. The number of carbonyl (C=O) groups is 3. The van der Waals surface area contributed by atoms with E-state index >= 15 is 0 Å². The summed E-state index contributed by atoms with van der Waals surface area (Å²) in [4.78, 5) is 33.8. The van der Waals surface area contributed by atoms with Gasteiger partial charge in [-0.3, -0.25) is 4.79 Å². The summed E-state index contributed by atoms with van der Waals surface area (Å²) in [6.07, 6.45) is 0. The van der Waals surface area contributed by atoms with E-state index in [0.717, 1.165) is 0 Å². The molecule has 0 radical (unpaired) electrons. The van der Waals surface area contributed by atoms with Crippen LogP contribution in [0.25, 0.3) is 0 Å². The predicted molar refractivity (Wildman–Crippen MR) is 66.1 cm³/mol. The number of rotatable bonds is 5. The first-order chi connectivity index (χ1) is 8.06. The van der Waals surface area contributed by atoms with Crippen molar-refractivity contribution in [2.45, 2.75) is 52.2 Å². The molecule has 0 aromatic carbocycles. The number of carboxylic acid groups (broad SMARTS) is 1. The first-order valence-corrected chi connectivity index (χ1v) is 5.68. The fourth-order valence-electron chi connectivity index (χ4n) is 1.05. The molecular formula is C11H21N3O4. The van der Waals surface area contributed by atoms with E-state index in [1.54, 1.807) is 13.8 Å². The molecule has 0 aliphatic heterocycles. The van der Waals surface area contributed by atoms with Gasteiger partial charge in [0.1, 0.15) is 11.6 Å². The Labute approximate surface area is 106 Å². The number of carboxylic acids is 1. The van der Waals surface area contributed by atoms with Crippen LogP contribution in [0, 0.1) is 0 Å². The van der Waals surface area contributed by atoms with E-state index in [2.05, 4.69) is 16.0 Å². The van der Waals surface area contributed by atoms with Gasteiger partial charge in [0.25, 0.3) is 0 Å². The molecule has 0 rings (SSSR count). The van der Waals surface area contributed by atoms with Crippen LogP contribution in [0.2, 0.25) is 0 Å². The zero-order valence-corrected chi connectivity index (χ0v) is 11.3. The van der Waals surface area contributed by atoms with E-state index in [9.17, 15) is 14.4 Å². The highest BCUT2D eigenvalue weighted by Gasteiger charge is 2.29. The van der Waals surface area contributed by atoms with Crippen molar-refractivity contribution in [2.24, 2.45) is 0 Å². The number of amides is 3. The Morgan fingerprint density at radius 2 is 1.56 bits per heavy atom. The minimum atomic E-state index is -1.39. The van der Waals surface area contributed by atoms with Gasteiger partial charge < -0.3 is 21.1 Å². The fourth-order valence-corrected chi connectivity index (χ4v) is 1.05. The quantitative estimate of drug-likeness (QED) is 0.560. The highest BCUT2D eigenvalue weighted by atomic mass is 16.4. The summed E-state index contributed by atoms with van der Waals surface area (Å²) >= 11 is 0. The molecule has 0 spiro atoms. The average molecular weight is 259 g/mol. The van der Waals surface area contributed by atoms with E-state index in [1.807, 2.05) is 0 Å². The van der Waals surface area contributed by atoms with Gasteiger partial charge in [-0.15, -0.1) is 0 Å². The second-order valence-electron chi connectivity index (χ2n) is 4.91. The van der Waals surface area contributed by atoms with E-state index in [-0.39, 0.29) is 11.9 Å². The zero-order chi connectivity index (χ0) is 14.5. The minimum Gasteiger partial charge on any atom is -0.480 e. The van der Waals surface area contributed by atoms with Crippen LogP contribution < -0.4 is 16.0 Å². The number of hydrogen-bond acceptors (Lipinski definition) is 3. The summed E-state index contributed by atoms with van der Waals surface area (Å²) in [5, 5.41) is 16.1. The molecule has 7 nitrogen and oxygen atoms in total. The summed E-state index contributed by atoms with van der Waals surface area (Å²) in [5.41, 5.74) is -1.39. The second kappa shape index (κ2) is 6.23. The third kappa shape index (κ3) is 5.51. The average Bonchev–Trinajstić information content (AvgIpc) is 2.14. The lowest BCUT2D eigenvalue weighted by Gasteiger charge is -2.23. The number of carbonyl (C=O) groups excluding carboxylic acids is 2. The topological polar surface area (TPSA) is 108 Å². The molecule has 0 aliphatic carbocycles. The van der Waals surface area contributed by atoms with Crippen molar-refractivity contribution in [3.05, 3.63) is 0 Å². The molecule has 0 aromatic heterocycles. The first-order valence-electron chi connectivity index (χ1n) is 5.68. The summed E-state index contributed by atoms with van der Waals surface area (Å²) in [6.45, 7) is 7.84. The van der Waals surface area contributed by atoms with Crippen molar-refractivity contribution in [1.82, 2.24) is 16.0 Å². The van der Waals surface area contributed by atoms with Crippen LogP contribution in [0.5, 0.6) is 0 Å². The molecule has 0 heterocycles. The van der Waals surface area contributed by atoms with E-state index in [4.69, 9.17) is 5.11 Å². The third-order valence-corrected chi connectivity index (χ3v) is 2.13. The molecule has 0 aromatic rings. The molecule has 0 fully saturated rings. The highest BCUT2D eigenvalue weighted by Crippen LogP contribution is 2.01. The summed E-state index contributed by atoms with van der Waals surface area (Å²) in [6, 6.07) is -1.47. The monoisotopic (exact) mass is 259 g/mol. The summed E-state index contributed by atoms with van der Waals surface area (Å²) in [5.74, 6) is -1.48. The number of urea groups is 1. The Hall–Kier alpha value is -1.79. The molecule has 7 heteroatoms. The van der Waals surface area contributed by atoms with Gasteiger partial charge in [-0.05, 0) is 34.6 Å². The van der Waals surface area contributed by atoms with Gasteiger partial charge in [0.2, 0.25) is 5.91 Å². The Morgan fingerprint density at radius 3 is 1.94 bits per heavy atom. The molecule has 1 atom stereocenters. The highest BCUT2D eigenvalue weighted by molar-refractivity contribution is 5.89. The van der Waals surface area contributed by atoms with Crippen LogP contribution in [-0.2, 0) is 9.59 Å². The van der Waals surface area contributed by atoms with Crippen LogP contribution in [0.15, 0.2) is 0 Å². The third-order valence-electron chi connectivity index (χ3n) is 2.13. The molecule has 3 amide bonds. The number of aliphatic carboxylic acids is 1. The van der Waals surface area contributed by atoms with Crippen molar-refractivity contribution >= 4 is 17.9 Å². The molecule has 0 saturated carbocycles. The van der Waals surface area contributed by atoms with Crippen LogP contribution in [0.1, 0.15) is 34.6 Å². The normalized spacial score (nSPS) is 12.8. The molecule has 18 heavy (non-hydrogen) atoms. The Balaban J connectivity index is 4.33. The van der Waals surface area contributed by atoms with Crippen LogP contribution in [0.4, 0.5) is 4.79 Å². The van der Waals surface area contributed by atoms with Crippen molar-refractivity contribution < 1.29 is 19.5 Å². The van der Waals surface area contributed by atoms with Crippen molar-refractivity contribution in [3.8, 4) is 0 Å². The maximum atomic E-state index is 11.5. The van der Waals surface area contributed by atoms with Crippen LogP contribution >= 0.6 is 0 Å². The SMILES string of the molecule is CC(C)NC(=O)C(C)NC(=O)NC(C)(C)C(=O)O. The molecule has 0 aliphatic rings. The zero-order valence-electron chi connectivity index (χ0n) is 11.3. The maximum Gasteiger partial charge on any atom is 0.328 e. The van der Waals surface area contributed by atoms with Gasteiger partial charge >= 0.3 is 12.0 Å². The van der Waals surface area contributed by atoms with Crippen LogP contribution in [0.3, 0.4) is 0 Å². The Kier molecular flexibility index (Phi) is 5.61.